The zero-order chi connectivity index (χ0) is 22.8. The van der Waals surface area contributed by atoms with Gasteiger partial charge in [-0.15, -0.1) is 0 Å². The Labute approximate surface area is 188 Å². The van der Waals surface area contributed by atoms with Gasteiger partial charge in [-0.3, -0.25) is 9.59 Å². The number of carboxylic acids is 1. The van der Waals surface area contributed by atoms with Crippen LogP contribution in [0.1, 0.15) is 29.0 Å². The Balaban J connectivity index is 1.54. The monoisotopic (exact) mass is 432 g/mol. The van der Waals surface area contributed by atoms with Crippen LogP contribution in [0.4, 0.5) is 5.69 Å². The first-order valence-electron chi connectivity index (χ1n) is 10.6. The van der Waals surface area contributed by atoms with Crippen LogP contribution < -0.4 is 15.4 Å². The summed E-state index contributed by atoms with van der Waals surface area (Å²) in [5.41, 5.74) is 3.74. The van der Waals surface area contributed by atoms with E-state index in [1.54, 1.807) is 0 Å². The highest BCUT2D eigenvalue weighted by Gasteiger charge is 2.15. The molecule has 0 bridgehead atoms. The average Bonchev–Trinajstić information content (AvgIpc) is 2.79. The SMILES string of the molecule is Cc1ccc(NC(=O)COc2ccccc2CNCC(CC(=O)O)c2ccccc2)cc1. The third kappa shape index (κ3) is 7.25. The zero-order valence-corrected chi connectivity index (χ0v) is 18.1. The third-order valence-corrected chi connectivity index (χ3v) is 5.06. The highest BCUT2D eigenvalue weighted by atomic mass is 16.5. The van der Waals surface area contributed by atoms with E-state index >= 15 is 0 Å². The van der Waals surface area contributed by atoms with Gasteiger partial charge in [0.05, 0.1) is 6.42 Å². The summed E-state index contributed by atoms with van der Waals surface area (Å²) < 4.78 is 5.76. The average molecular weight is 433 g/mol. The van der Waals surface area contributed by atoms with Gasteiger partial charge in [0.2, 0.25) is 0 Å². The van der Waals surface area contributed by atoms with Crippen molar-refractivity contribution in [3.8, 4) is 5.75 Å². The molecule has 1 atom stereocenters. The van der Waals surface area contributed by atoms with Crippen molar-refractivity contribution in [1.82, 2.24) is 5.32 Å². The maximum Gasteiger partial charge on any atom is 0.304 e. The molecule has 0 spiro atoms. The number of carbonyl (C=O) groups is 2. The van der Waals surface area contributed by atoms with E-state index < -0.39 is 5.97 Å². The molecule has 6 nitrogen and oxygen atoms in total. The van der Waals surface area contributed by atoms with Gasteiger partial charge in [0, 0.05) is 30.3 Å². The van der Waals surface area contributed by atoms with Crippen LogP contribution in [0.2, 0.25) is 0 Å². The van der Waals surface area contributed by atoms with Crippen molar-refractivity contribution in [2.45, 2.75) is 25.8 Å². The van der Waals surface area contributed by atoms with Crippen molar-refractivity contribution in [1.29, 1.82) is 0 Å². The second-order valence-electron chi connectivity index (χ2n) is 7.65. The number of anilines is 1. The topological polar surface area (TPSA) is 87.7 Å². The van der Waals surface area contributed by atoms with Crippen molar-refractivity contribution in [2.75, 3.05) is 18.5 Å². The molecule has 0 aromatic heterocycles. The van der Waals surface area contributed by atoms with E-state index in [4.69, 9.17) is 4.74 Å². The number of carboxylic acid groups (broad SMARTS) is 1. The number of hydrogen-bond acceptors (Lipinski definition) is 4. The van der Waals surface area contributed by atoms with E-state index in [1.807, 2.05) is 85.8 Å². The van der Waals surface area contributed by atoms with Crippen molar-refractivity contribution >= 4 is 17.6 Å². The van der Waals surface area contributed by atoms with Gasteiger partial charge in [0.25, 0.3) is 5.91 Å². The summed E-state index contributed by atoms with van der Waals surface area (Å²) in [7, 11) is 0. The van der Waals surface area contributed by atoms with Gasteiger partial charge in [-0.2, -0.15) is 0 Å². The Morgan fingerprint density at radius 1 is 0.938 bits per heavy atom. The maximum atomic E-state index is 12.2. The Kier molecular flexibility index (Phi) is 8.40. The van der Waals surface area contributed by atoms with Gasteiger partial charge in [-0.25, -0.2) is 0 Å². The quantitative estimate of drug-likeness (QED) is 0.419. The molecule has 0 saturated carbocycles. The first kappa shape index (κ1) is 23.0. The van der Waals surface area contributed by atoms with Crippen LogP contribution >= 0.6 is 0 Å². The largest absolute Gasteiger partial charge is 0.483 e. The van der Waals surface area contributed by atoms with Crippen LogP contribution in [0.3, 0.4) is 0 Å². The lowest BCUT2D eigenvalue weighted by Crippen LogP contribution is -2.24. The van der Waals surface area contributed by atoms with E-state index in [9.17, 15) is 14.7 Å². The maximum absolute atomic E-state index is 12.2. The van der Waals surface area contributed by atoms with Gasteiger partial charge in [-0.05, 0) is 30.7 Å². The minimum atomic E-state index is -0.830. The number of nitrogens with one attached hydrogen (secondary N) is 2. The van der Waals surface area contributed by atoms with Crippen LogP contribution in [-0.4, -0.2) is 30.1 Å². The van der Waals surface area contributed by atoms with Gasteiger partial charge >= 0.3 is 5.97 Å². The lowest BCUT2D eigenvalue weighted by molar-refractivity contribution is -0.137. The number of amides is 1. The molecule has 0 radical (unpaired) electrons. The molecule has 0 aliphatic carbocycles. The first-order valence-corrected chi connectivity index (χ1v) is 10.6. The summed E-state index contributed by atoms with van der Waals surface area (Å²) in [4.78, 5) is 23.5. The summed E-state index contributed by atoms with van der Waals surface area (Å²) in [6.45, 7) is 2.90. The molecule has 3 aromatic rings. The molecule has 0 fully saturated rings. The number of rotatable bonds is 11. The Morgan fingerprint density at radius 2 is 1.62 bits per heavy atom. The lowest BCUT2D eigenvalue weighted by Gasteiger charge is -2.17. The molecule has 0 aliphatic rings. The predicted molar refractivity (Wildman–Crippen MR) is 125 cm³/mol. The minimum Gasteiger partial charge on any atom is -0.483 e. The van der Waals surface area contributed by atoms with Gasteiger partial charge in [-0.1, -0.05) is 66.2 Å². The van der Waals surface area contributed by atoms with Crippen LogP contribution in [-0.2, 0) is 16.1 Å². The minimum absolute atomic E-state index is 0.0499. The smallest absolute Gasteiger partial charge is 0.304 e. The molecule has 3 aromatic carbocycles. The number of carbonyl (C=O) groups excluding carboxylic acids is 1. The third-order valence-electron chi connectivity index (χ3n) is 5.06. The molecule has 3 rings (SSSR count). The molecular weight excluding hydrogens is 404 g/mol. The molecule has 0 saturated heterocycles. The Hall–Kier alpha value is -3.64. The van der Waals surface area contributed by atoms with Crippen LogP contribution in [0, 0.1) is 6.92 Å². The van der Waals surface area contributed by atoms with Gasteiger partial charge in [0.15, 0.2) is 6.61 Å². The number of hydrogen-bond donors (Lipinski definition) is 3. The predicted octanol–water partition coefficient (Wildman–Crippen LogP) is 4.36. The highest BCUT2D eigenvalue weighted by Crippen LogP contribution is 2.21. The molecular formula is C26H28N2O4. The van der Waals surface area contributed by atoms with E-state index in [1.165, 1.54) is 0 Å². The van der Waals surface area contributed by atoms with E-state index in [0.717, 1.165) is 22.4 Å². The molecule has 1 amide bonds. The van der Waals surface area contributed by atoms with Crippen LogP contribution in [0.25, 0.3) is 0 Å². The Bertz CT molecular complexity index is 1020. The normalized spacial score (nSPS) is 11.5. The number of aliphatic carboxylic acids is 1. The van der Waals surface area contributed by atoms with Crippen LogP contribution in [0.5, 0.6) is 5.75 Å². The number of para-hydroxylation sites is 1. The van der Waals surface area contributed by atoms with Gasteiger partial charge in [0.1, 0.15) is 5.75 Å². The molecule has 6 heteroatoms. The summed E-state index contributed by atoms with van der Waals surface area (Å²) in [5, 5.41) is 15.4. The molecule has 3 N–H and O–H groups in total. The molecule has 1 unspecified atom stereocenters. The second-order valence-corrected chi connectivity index (χ2v) is 7.65. The molecule has 0 aliphatic heterocycles. The molecule has 0 heterocycles. The summed E-state index contributed by atoms with van der Waals surface area (Å²) in [6, 6.07) is 24.7. The summed E-state index contributed by atoms with van der Waals surface area (Å²) in [5.74, 6) is -0.582. The van der Waals surface area contributed by atoms with E-state index in [-0.39, 0.29) is 24.9 Å². The Morgan fingerprint density at radius 3 is 2.34 bits per heavy atom. The second kappa shape index (κ2) is 11.7. The number of aryl methyl sites for hydroxylation is 1. The fourth-order valence-electron chi connectivity index (χ4n) is 3.39. The lowest BCUT2D eigenvalue weighted by atomic mass is 9.95. The molecule has 32 heavy (non-hydrogen) atoms. The van der Waals surface area contributed by atoms with Crippen molar-refractivity contribution in [3.05, 3.63) is 95.6 Å². The number of ether oxygens (including phenoxy) is 1. The van der Waals surface area contributed by atoms with E-state index in [2.05, 4.69) is 10.6 Å². The van der Waals surface area contributed by atoms with Crippen molar-refractivity contribution in [3.63, 3.8) is 0 Å². The van der Waals surface area contributed by atoms with Crippen molar-refractivity contribution < 1.29 is 19.4 Å². The van der Waals surface area contributed by atoms with Crippen molar-refractivity contribution in [2.24, 2.45) is 0 Å². The summed E-state index contributed by atoms with van der Waals surface area (Å²) in [6.07, 6.45) is 0.0499. The first-order chi connectivity index (χ1) is 15.5. The zero-order valence-electron chi connectivity index (χ0n) is 18.1. The highest BCUT2D eigenvalue weighted by molar-refractivity contribution is 5.91. The number of benzene rings is 3. The standard InChI is InChI=1S/C26H28N2O4/c1-19-11-13-23(14-12-19)28-25(29)18-32-24-10-6-5-9-21(24)16-27-17-22(15-26(30)31)20-7-3-2-4-8-20/h2-14,22,27H,15-18H2,1H3,(H,28,29)(H,30,31). The molecule has 166 valence electrons. The summed E-state index contributed by atoms with van der Waals surface area (Å²) >= 11 is 0. The van der Waals surface area contributed by atoms with E-state index in [0.29, 0.717) is 18.8 Å². The fraction of sp³-hybridized carbons (Fsp3) is 0.231. The van der Waals surface area contributed by atoms with Crippen LogP contribution in [0.15, 0.2) is 78.9 Å². The van der Waals surface area contributed by atoms with Gasteiger partial charge < -0.3 is 20.5 Å². The fourth-order valence-corrected chi connectivity index (χ4v) is 3.39.